The van der Waals surface area contributed by atoms with E-state index in [1.807, 2.05) is 0 Å². The van der Waals surface area contributed by atoms with Gasteiger partial charge in [-0.25, -0.2) is 21.9 Å². The van der Waals surface area contributed by atoms with Crippen molar-refractivity contribution in [3.05, 3.63) is 72.3 Å². The van der Waals surface area contributed by atoms with E-state index in [1.165, 1.54) is 12.1 Å². The Morgan fingerprint density at radius 3 is 2.52 bits per heavy atom. The number of hydrogen-bond acceptors (Lipinski definition) is 4. The number of halogens is 2. The molecule has 0 aliphatic rings. The molecule has 0 aromatic heterocycles. The van der Waals surface area contributed by atoms with Crippen LogP contribution in [-0.2, 0) is 20.6 Å². The Labute approximate surface area is 168 Å². The van der Waals surface area contributed by atoms with Crippen LogP contribution < -0.4 is 14.8 Å². The predicted octanol–water partition coefficient (Wildman–Crippen LogP) is 3.37. The van der Waals surface area contributed by atoms with E-state index >= 15 is 0 Å². The minimum Gasteiger partial charge on any atom is -0.491 e. The summed E-state index contributed by atoms with van der Waals surface area (Å²) >= 11 is 0. The van der Waals surface area contributed by atoms with Crippen molar-refractivity contribution >= 4 is 21.6 Å². The first-order valence-electron chi connectivity index (χ1n) is 8.84. The third kappa shape index (κ3) is 8.00. The van der Waals surface area contributed by atoms with Crippen LogP contribution in [0.2, 0.25) is 0 Å². The van der Waals surface area contributed by atoms with Crippen LogP contribution in [0.1, 0.15) is 18.4 Å². The number of carbonyl (C=O) groups excluding carboxylic acids is 1. The second kappa shape index (κ2) is 10.7. The van der Waals surface area contributed by atoms with Gasteiger partial charge in [0, 0.05) is 24.7 Å². The number of hydrogen-bond donors (Lipinski definition) is 2. The first-order chi connectivity index (χ1) is 13.8. The van der Waals surface area contributed by atoms with E-state index in [1.54, 1.807) is 24.3 Å². The highest BCUT2D eigenvalue weighted by Gasteiger charge is 2.11. The van der Waals surface area contributed by atoms with Gasteiger partial charge in [0.25, 0.3) is 0 Å². The molecular formula is C20H22F2N2O4S. The molecule has 0 aliphatic heterocycles. The topological polar surface area (TPSA) is 84.5 Å². The highest BCUT2D eigenvalue weighted by molar-refractivity contribution is 7.88. The molecule has 0 spiro atoms. The van der Waals surface area contributed by atoms with Gasteiger partial charge >= 0.3 is 0 Å². The van der Waals surface area contributed by atoms with E-state index in [9.17, 15) is 22.0 Å². The average molecular weight is 424 g/mol. The maximum Gasteiger partial charge on any atom is 0.224 e. The van der Waals surface area contributed by atoms with Crippen molar-refractivity contribution in [1.82, 2.24) is 4.72 Å². The summed E-state index contributed by atoms with van der Waals surface area (Å²) in [6.07, 6.45) is 1.94. The molecule has 29 heavy (non-hydrogen) atoms. The van der Waals surface area contributed by atoms with Crippen molar-refractivity contribution in [3.63, 3.8) is 0 Å². The first kappa shape index (κ1) is 22.5. The van der Waals surface area contributed by atoms with E-state index in [2.05, 4.69) is 16.6 Å². The standard InChI is InChI=1S/C20H22F2N2O4S/c1-2-11-23-29(26,27)14-15-5-8-17(9-6-15)24-20(25)4-3-12-28-19-10-7-16(21)13-18(19)22/h2,5-10,13,23H,1,3-4,11-12,14H2,(H,24,25). The van der Waals surface area contributed by atoms with E-state index in [4.69, 9.17) is 4.74 Å². The van der Waals surface area contributed by atoms with Gasteiger partial charge in [0.2, 0.25) is 15.9 Å². The Bertz CT molecular complexity index is 947. The lowest BCUT2D eigenvalue weighted by Gasteiger charge is -2.09. The zero-order valence-corrected chi connectivity index (χ0v) is 16.5. The van der Waals surface area contributed by atoms with Crippen molar-refractivity contribution < 1.29 is 26.7 Å². The molecule has 0 atom stereocenters. The van der Waals surface area contributed by atoms with Gasteiger partial charge in [0.1, 0.15) is 5.82 Å². The predicted molar refractivity (Wildman–Crippen MR) is 107 cm³/mol. The largest absolute Gasteiger partial charge is 0.491 e. The second-order valence-electron chi connectivity index (χ2n) is 6.17. The summed E-state index contributed by atoms with van der Waals surface area (Å²) in [6, 6.07) is 9.47. The van der Waals surface area contributed by atoms with Crippen molar-refractivity contribution in [1.29, 1.82) is 0 Å². The summed E-state index contributed by atoms with van der Waals surface area (Å²) in [5, 5.41) is 2.69. The Balaban J connectivity index is 1.75. The lowest BCUT2D eigenvalue weighted by Crippen LogP contribution is -2.25. The fraction of sp³-hybridized carbons (Fsp3) is 0.250. The van der Waals surface area contributed by atoms with Crippen LogP contribution in [0.5, 0.6) is 5.75 Å². The van der Waals surface area contributed by atoms with E-state index in [0.717, 1.165) is 12.1 Å². The molecule has 0 fully saturated rings. The lowest BCUT2D eigenvalue weighted by molar-refractivity contribution is -0.116. The molecule has 1 amide bonds. The fourth-order valence-corrected chi connectivity index (χ4v) is 3.48. The molecule has 156 valence electrons. The van der Waals surface area contributed by atoms with Gasteiger partial charge in [-0.1, -0.05) is 18.2 Å². The number of sulfonamides is 1. The van der Waals surface area contributed by atoms with E-state index in [-0.39, 0.29) is 37.0 Å². The Hall–Kier alpha value is -2.78. The van der Waals surface area contributed by atoms with Crippen molar-refractivity contribution in [2.45, 2.75) is 18.6 Å². The van der Waals surface area contributed by atoms with Crippen LogP contribution in [0.3, 0.4) is 0 Å². The molecule has 0 bridgehead atoms. The molecule has 0 saturated carbocycles. The summed E-state index contributed by atoms with van der Waals surface area (Å²) in [7, 11) is -3.45. The molecule has 2 aromatic carbocycles. The van der Waals surface area contributed by atoms with Crippen molar-refractivity contribution in [2.75, 3.05) is 18.5 Å². The fourth-order valence-electron chi connectivity index (χ4n) is 2.37. The van der Waals surface area contributed by atoms with Gasteiger partial charge in [0.05, 0.1) is 12.4 Å². The monoisotopic (exact) mass is 424 g/mol. The molecule has 2 N–H and O–H groups in total. The molecular weight excluding hydrogens is 402 g/mol. The Kier molecular flexibility index (Phi) is 8.29. The summed E-state index contributed by atoms with van der Waals surface area (Å²) in [6.45, 7) is 3.72. The highest BCUT2D eigenvalue weighted by atomic mass is 32.2. The maximum atomic E-state index is 13.4. The molecule has 6 nitrogen and oxygen atoms in total. The third-order valence-corrected chi connectivity index (χ3v) is 5.06. The van der Waals surface area contributed by atoms with Gasteiger partial charge in [-0.2, -0.15) is 0 Å². The zero-order chi connectivity index (χ0) is 21.3. The highest BCUT2D eigenvalue weighted by Crippen LogP contribution is 2.18. The van der Waals surface area contributed by atoms with Crippen LogP contribution in [0.25, 0.3) is 0 Å². The smallest absolute Gasteiger partial charge is 0.224 e. The van der Waals surface area contributed by atoms with Crippen LogP contribution in [0, 0.1) is 11.6 Å². The molecule has 0 unspecified atom stereocenters. The first-order valence-corrected chi connectivity index (χ1v) is 10.5. The van der Waals surface area contributed by atoms with Gasteiger partial charge in [-0.05, 0) is 36.2 Å². The minimum atomic E-state index is -3.45. The quantitative estimate of drug-likeness (QED) is 0.428. The Morgan fingerprint density at radius 1 is 1.14 bits per heavy atom. The molecule has 0 saturated heterocycles. The van der Waals surface area contributed by atoms with Crippen LogP contribution in [-0.4, -0.2) is 27.5 Å². The second-order valence-corrected chi connectivity index (χ2v) is 7.97. The normalized spacial score (nSPS) is 11.1. The van der Waals surface area contributed by atoms with Gasteiger partial charge < -0.3 is 10.1 Å². The summed E-state index contributed by atoms with van der Waals surface area (Å²) < 4.78 is 57.5. The van der Waals surface area contributed by atoms with Crippen LogP contribution >= 0.6 is 0 Å². The number of nitrogens with one attached hydrogen (secondary N) is 2. The number of rotatable bonds is 11. The lowest BCUT2D eigenvalue weighted by atomic mass is 10.2. The van der Waals surface area contributed by atoms with Crippen molar-refractivity contribution in [2.24, 2.45) is 0 Å². The summed E-state index contributed by atoms with van der Waals surface area (Å²) in [5.74, 6) is -1.99. The maximum absolute atomic E-state index is 13.4. The number of amides is 1. The minimum absolute atomic E-state index is 0.0695. The van der Waals surface area contributed by atoms with E-state index < -0.39 is 21.7 Å². The summed E-state index contributed by atoms with van der Waals surface area (Å²) in [5.41, 5.74) is 1.11. The molecule has 0 radical (unpaired) electrons. The molecule has 2 rings (SSSR count). The van der Waals surface area contributed by atoms with Gasteiger partial charge in [-0.15, -0.1) is 6.58 Å². The molecule has 2 aromatic rings. The van der Waals surface area contributed by atoms with Crippen LogP contribution in [0.15, 0.2) is 55.1 Å². The van der Waals surface area contributed by atoms with Gasteiger partial charge in [-0.3, -0.25) is 4.79 Å². The summed E-state index contributed by atoms with van der Waals surface area (Å²) in [4.78, 5) is 12.0. The number of ether oxygens (including phenoxy) is 1. The van der Waals surface area contributed by atoms with E-state index in [0.29, 0.717) is 17.7 Å². The average Bonchev–Trinajstić information content (AvgIpc) is 2.66. The molecule has 0 heterocycles. The Morgan fingerprint density at radius 2 is 1.86 bits per heavy atom. The molecule has 0 aliphatic carbocycles. The molecule has 9 heteroatoms. The third-order valence-electron chi connectivity index (χ3n) is 3.74. The number of carbonyl (C=O) groups is 1. The zero-order valence-electron chi connectivity index (χ0n) is 15.7. The number of benzene rings is 2. The van der Waals surface area contributed by atoms with Crippen molar-refractivity contribution in [3.8, 4) is 5.75 Å². The van der Waals surface area contributed by atoms with Gasteiger partial charge in [0.15, 0.2) is 11.6 Å². The number of anilines is 1. The van der Waals surface area contributed by atoms with Crippen LogP contribution in [0.4, 0.5) is 14.5 Å². The SMILES string of the molecule is C=CCNS(=O)(=O)Cc1ccc(NC(=O)CCCOc2ccc(F)cc2F)cc1.